The van der Waals surface area contributed by atoms with Gasteiger partial charge in [0, 0.05) is 6.42 Å². The van der Waals surface area contributed by atoms with Crippen LogP contribution >= 0.6 is 0 Å². The van der Waals surface area contributed by atoms with Gasteiger partial charge in [-0.15, -0.1) is 0 Å². The first-order chi connectivity index (χ1) is 4.88. The number of Topliss-reactive ketones (excluding diaryl/α,β-unsaturated/α-hetero) is 1. The van der Waals surface area contributed by atoms with Gasteiger partial charge >= 0.3 is 0 Å². The molecule has 1 aliphatic carbocycles. The number of carbonyl (C=O) groups is 1. The van der Waals surface area contributed by atoms with Crippen molar-refractivity contribution in [3.05, 3.63) is 0 Å². The normalized spacial score (nSPS) is 39.8. The first-order valence-corrected chi connectivity index (χ1v) is 4.06. The number of hydrogen-bond donors (Lipinski definition) is 0. The molecule has 2 unspecified atom stereocenters. The smallest absolute Gasteiger partial charge is 0.164 e. The third-order valence-corrected chi connectivity index (χ3v) is 2.31. The highest BCUT2D eigenvalue weighted by atomic mass is 16.6. The van der Waals surface area contributed by atoms with E-state index in [-0.39, 0.29) is 6.10 Å². The molecule has 2 aliphatic rings. The van der Waals surface area contributed by atoms with Gasteiger partial charge in [-0.2, -0.15) is 0 Å². The molecule has 0 amide bonds. The molecule has 2 nitrogen and oxygen atoms in total. The number of carbonyl (C=O) groups excluding carboxylic acids is 1. The standard InChI is InChI=1S/C8H12O2/c9-6-4-2-1-3-5-7-8(6)10-7/h7-8H,1-5H2. The Morgan fingerprint density at radius 1 is 1.30 bits per heavy atom. The summed E-state index contributed by atoms with van der Waals surface area (Å²) in [6, 6.07) is 0. The molecular formula is C8H12O2. The van der Waals surface area contributed by atoms with Gasteiger partial charge in [-0.1, -0.05) is 12.8 Å². The fourth-order valence-electron chi connectivity index (χ4n) is 1.61. The minimum Gasteiger partial charge on any atom is -0.361 e. The summed E-state index contributed by atoms with van der Waals surface area (Å²) in [5.41, 5.74) is 0. The van der Waals surface area contributed by atoms with Crippen molar-refractivity contribution in [2.75, 3.05) is 0 Å². The van der Waals surface area contributed by atoms with Gasteiger partial charge < -0.3 is 4.74 Å². The van der Waals surface area contributed by atoms with Crippen LogP contribution in [0.25, 0.3) is 0 Å². The predicted molar refractivity (Wildman–Crippen MR) is 36.8 cm³/mol. The minimum atomic E-state index is 0.0142. The summed E-state index contributed by atoms with van der Waals surface area (Å²) < 4.78 is 5.20. The van der Waals surface area contributed by atoms with Gasteiger partial charge in [-0.05, 0) is 12.8 Å². The Morgan fingerprint density at radius 3 is 3.10 bits per heavy atom. The maximum absolute atomic E-state index is 11.1. The number of fused-ring (bicyclic) bond motifs is 1. The molecule has 0 spiro atoms. The van der Waals surface area contributed by atoms with Crippen molar-refractivity contribution in [1.29, 1.82) is 0 Å². The van der Waals surface area contributed by atoms with E-state index >= 15 is 0 Å². The van der Waals surface area contributed by atoms with Gasteiger partial charge in [-0.3, -0.25) is 4.79 Å². The van der Waals surface area contributed by atoms with Crippen LogP contribution in [0, 0.1) is 0 Å². The quantitative estimate of drug-likeness (QED) is 0.474. The third-order valence-electron chi connectivity index (χ3n) is 2.31. The molecule has 0 aromatic heterocycles. The molecule has 2 atom stereocenters. The molecule has 10 heavy (non-hydrogen) atoms. The van der Waals surface area contributed by atoms with Crippen LogP contribution in [-0.2, 0) is 9.53 Å². The SMILES string of the molecule is O=C1CCCCCC2OC12. The van der Waals surface area contributed by atoms with E-state index in [1.165, 1.54) is 12.8 Å². The van der Waals surface area contributed by atoms with E-state index in [0.29, 0.717) is 11.9 Å². The van der Waals surface area contributed by atoms with Gasteiger partial charge in [0.25, 0.3) is 0 Å². The predicted octanol–water partition coefficient (Wildman–Crippen LogP) is 1.29. The van der Waals surface area contributed by atoms with Crippen LogP contribution in [0.2, 0.25) is 0 Å². The summed E-state index contributed by atoms with van der Waals surface area (Å²) in [7, 11) is 0. The summed E-state index contributed by atoms with van der Waals surface area (Å²) in [5.74, 6) is 0.338. The topological polar surface area (TPSA) is 29.6 Å². The van der Waals surface area contributed by atoms with Crippen LogP contribution in [0.5, 0.6) is 0 Å². The van der Waals surface area contributed by atoms with Crippen molar-refractivity contribution in [1.82, 2.24) is 0 Å². The zero-order chi connectivity index (χ0) is 6.97. The van der Waals surface area contributed by atoms with E-state index in [2.05, 4.69) is 0 Å². The molecule has 0 aromatic rings. The molecule has 1 aliphatic heterocycles. The molecule has 0 N–H and O–H groups in total. The van der Waals surface area contributed by atoms with Crippen molar-refractivity contribution in [2.45, 2.75) is 44.3 Å². The second-order valence-electron chi connectivity index (χ2n) is 3.16. The molecule has 56 valence electrons. The lowest BCUT2D eigenvalue weighted by atomic mass is 10.0. The average Bonchev–Trinajstić information content (AvgIpc) is 2.62. The van der Waals surface area contributed by atoms with E-state index in [1.54, 1.807) is 0 Å². The Balaban J connectivity index is 1.94. The third kappa shape index (κ3) is 1.08. The molecule has 0 aromatic carbocycles. The molecule has 1 saturated heterocycles. The van der Waals surface area contributed by atoms with Crippen LogP contribution in [0.1, 0.15) is 32.1 Å². The zero-order valence-corrected chi connectivity index (χ0v) is 6.01. The van der Waals surface area contributed by atoms with E-state index in [0.717, 1.165) is 19.3 Å². The molecule has 0 radical (unpaired) electrons. The fraction of sp³-hybridized carbons (Fsp3) is 0.875. The van der Waals surface area contributed by atoms with Crippen molar-refractivity contribution in [2.24, 2.45) is 0 Å². The fourth-order valence-corrected chi connectivity index (χ4v) is 1.61. The lowest BCUT2D eigenvalue weighted by Gasteiger charge is -2.01. The van der Waals surface area contributed by atoms with Gasteiger partial charge in [-0.25, -0.2) is 0 Å². The Bertz CT molecular complexity index is 153. The lowest BCUT2D eigenvalue weighted by Crippen LogP contribution is -2.11. The number of ether oxygens (including phenoxy) is 1. The highest BCUT2D eigenvalue weighted by molar-refractivity contribution is 5.85. The van der Waals surface area contributed by atoms with Gasteiger partial charge in [0.2, 0.25) is 0 Å². The number of hydrogen-bond acceptors (Lipinski definition) is 2. The van der Waals surface area contributed by atoms with Crippen LogP contribution in [-0.4, -0.2) is 18.0 Å². The monoisotopic (exact) mass is 140 g/mol. The summed E-state index contributed by atoms with van der Waals surface area (Å²) in [6.45, 7) is 0. The van der Waals surface area contributed by atoms with Crippen LogP contribution in [0.4, 0.5) is 0 Å². The summed E-state index contributed by atoms with van der Waals surface area (Å²) in [6.07, 6.45) is 5.71. The van der Waals surface area contributed by atoms with E-state index in [1.807, 2.05) is 0 Å². The van der Waals surface area contributed by atoms with Gasteiger partial charge in [0.15, 0.2) is 5.78 Å². The Kier molecular flexibility index (Phi) is 1.49. The highest BCUT2D eigenvalue weighted by Crippen LogP contribution is 2.31. The number of rotatable bonds is 0. The lowest BCUT2D eigenvalue weighted by molar-refractivity contribution is -0.120. The average molecular weight is 140 g/mol. The van der Waals surface area contributed by atoms with Crippen LogP contribution in [0.3, 0.4) is 0 Å². The minimum absolute atomic E-state index is 0.0142. The first-order valence-electron chi connectivity index (χ1n) is 4.06. The van der Waals surface area contributed by atoms with E-state index in [9.17, 15) is 4.79 Å². The van der Waals surface area contributed by atoms with Crippen LogP contribution < -0.4 is 0 Å². The number of ketones is 1. The first kappa shape index (κ1) is 6.35. The molecule has 0 bridgehead atoms. The maximum atomic E-state index is 11.1. The van der Waals surface area contributed by atoms with Gasteiger partial charge in [0.1, 0.15) is 6.10 Å². The van der Waals surface area contributed by atoms with E-state index < -0.39 is 0 Å². The molecule has 2 fully saturated rings. The Labute approximate surface area is 60.6 Å². The Hall–Kier alpha value is -0.370. The summed E-state index contributed by atoms with van der Waals surface area (Å²) in [4.78, 5) is 11.1. The van der Waals surface area contributed by atoms with Crippen molar-refractivity contribution >= 4 is 5.78 Å². The molecule has 1 heterocycles. The zero-order valence-electron chi connectivity index (χ0n) is 6.01. The summed E-state index contributed by atoms with van der Waals surface area (Å²) >= 11 is 0. The Morgan fingerprint density at radius 2 is 2.20 bits per heavy atom. The summed E-state index contributed by atoms with van der Waals surface area (Å²) in [5, 5.41) is 0. The number of epoxide rings is 1. The van der Waals surface area contributed by atoms with Crippen molar-refractivity contribution in [3.63, 3.8) is 0 Å². The molecule has 2 rings (SSSR count). The molecule has 2 heteroatoms. The second-order valence-corrected chi connectivity index (χ2v) is 3.16. The van der Waals surface area contributed by atoms with Crippen LogP contribution in [0.15, 0.2) is 0 Å². The molecular weight excluding hydrogens is 128 g/mol. The van der Waals surface area contributed by atoms with E-state index in [4.69, 9.17) is 4.74 Å². The van der Waals surface area contributed by atoms with Gasteiger partial charge in [0.05, 0.1) is 6.10 Å². The highest BCUT2D eigenvalue weighted by Gasteiger charge is 2.43. The second kappa shape index (κ2) is 2.35. The maximum Gasteiger partial charge on any atom is 0.164 e. The van der Waals surface area contributed by atoms with Crippen molar-refractivity contribution in [3.8, 4) is 0 Å². The van der Waals surface area contributed by atoms with Crippen molar-refractivity contribution < 1.29 is 9.53 Å². The molecule has 1 saturated carbocycles. The largest absolute Gasteiger partial charge is 0.361 e.